The highest BCUT2D eigenvalue weighted by Gasteiger charge is 2.35. The molecule has 1 aromatic rings. The van der Waals surface area contributed by atoms with Crippen LogP contribution in [0.5, 0.6) is 11.5 Å². The summed E-state index contributed by atoms with van der Waals surface area (Å²) in [4.78, 5) is 24.5. The third kappa shape index (κ3) is 3.07. The zero-order chi connectivity index (χ0) is 16.4. The monoisotopic (exact) mass is 338 g/mol. The summed E-state index contributed by atoms with van der Waals surface area (Å²) < 4.78 is 5.16. The lowest BCUT2D eigenvalue weighted by molar-refractivity contribution is -0.309. The van der Waals surface area contributed by atoms with Gasteiger partial charge in [0.05, 0.1) is 24.0 Å². The molecule has 116 valence electrons. The largest absolute Gasteiger partial charge is 0.548 e. The number of ether oxygens (including phenoxy) is 1. The fourth-order valence-electron chi connectivity index (χ4n) is 1.85. The maximum atomic E-state index is 12.3. The Bertz CT molecular complexity index is 686. The Labute approximate surface area is 136 Å². The minimum absolute atomic E-state index is 0.0160. The van der Waals surface area contributed by atoms with Gasteiger partial charge in [-0.3, -0.25) is 9.69 Å². The smallest absolute Gasteiger partial charge is 0.266 e. The van der Waals surface area contributed by atoms with Crippen molar-refractivity contribution in [3.63, 3.8) is 0 Å². The van der Waals surface area contributed by atoms with E-state index in [4.69, 9.17) is 17.0 Å². The topological polar surface area (TPSA) is 89.9 Å². The van der Waals surface area contributed by atoms with E-state index in [2.05, 4.69) is 0 Å². The standard InChI is InChI=1S/C14H13NO5S2/c1-7(13(18)19)15-12(17)11(22-14(15)21)6-8-3-4-9(16)10(5-8)20-2/h3-7,16H,1-2H3,(H,18,19)/p-1/b11-6+/t7-/m1/s1. The molecule has 1 aliphatic heterocycles. The number of carbonyl (C=O) groups excluding carboxylic acids is 2. The Balaban J connectivity index is 2.32. The van der Waals surface area contributed by atoms with Gasteiger partial charge in [-0.2, -0.15) is 0 Å². The Hall–Kier alpha value is -2.06. The van der Waals surface area contributed by atoms with Gasteiger partial charge in [-0.1, -0.05) is 30.0 Å². The van der Waals surface area contributed by atoms with E-state index in [1.807, 2.05) is 0 Å². The van der Waals surface area contributed by atoms with E-state index in [1.54, 1.807) is 18.2 Å². The number of nitrogens with zero attached hydrogens (tertiary/aromatic N) is 1. The van der Waals surface area contributed by atoms with Gasteiger partial charge in [0, 0.05) is 0 Å². The number of benzene rings is 1. The third-order valence-corrected chi connectivity index (χ3v) is 4.38. The number of aliphatic carboxylic acids is 1. The molecule has 0 bridgehead atoms. The molecule has 0 spiro atoms. The number of carboxylic acid groups (broad SMARTS) is 1. The fraction of sp³-hybridized carbons (Fsp3) is 0.214. The molecule has 0 radical (unpaired) electrons. The van der Waals surface area contributed by atoms with Crippen LogP contribution in [0.2, 0.25) is 0 Å². The molecule has 1 saturated heterocycles. The maximum absolute atomic E-state index is 12.3. The number of thioether (sulfide) groups is 1. The van der Waals surface area contributed by atoms with Crippen LogP contribution in [0.15, 0.2) is 23.1 Å². The van der Waals surface area contributed by atoms with Crippen LogP contribution >= 0.6 is 24.0 Å². The van der Waals surface area contributed by atoms with E-state index in [0.29, 0.717) is 10.5 Å². The van der Waals surface area contributed by atoms with Crippen molar-refractivity contribution < 1.29 is 24.5 Å². The number of hydrogen-bond acceptors (Lipinski definition) is 7. The molecular formula is C14H12NO5S2-. The predicted octanol–water partition coefficient (Wildman–Crippen LogP) is 0.740. The number of phenolic OH excluding ortho intramolecular Hbond substituents is 1. The van der Waals surface area contributed by atoms with Gasteiger partial charge in [0.15, 0.2) is 11.5 Å². The van der Waals surface area contributed by atoms with E-state index < -0.39 is 17.9 Å². The van der Waals surface area contributed by atoms with Crippen molar-refractivity contribution in [1.82, 2.24) is 4.90 Å². The van der Waals surface area contributed by atoms with E-state index in [9.17, 15) is 19.8 Å². The minimum Gasteiger partial charge on any atom is -0.548 e. The van der Waals surface area contributed by atoms with Crippen LogP contribution in [-0.2, 0) is 9.59 Å². The van der Waals surface area contributed by atoms with Crippen molar-refractivity contribution >= 4 is 46.3 Å². The molecule has 1 aromatic carbocycles. The van der Waals surface area contributed by atoms with Crippen LogP contribution < -0.4 is 9.84 Å². The minimum atomic E-state index is -1.37. The Morgan fingerprint density at radius 1 is 1.55 bits per heavy atom. The van der Waals surface area contributed by atoms with Gasteiger partial charge in [0.2, 0.25) is 0 Å². The zero-order valence-electron chi connectivity index (χ0n) is 11.7. The molecule has 1 amide bonds. The van der Waals surface area contributed by atoms with Crippen molar-refractivity contribution in [3.8, 4) is 11.5 Å². The number of methoxy groups -OCH3 is 1. The highest BCUT2D eigenvalue weighted by Crippen LogP contribution is 2.35. The molecule has 1 fully saturated rings. The van der Waals surface area contributed by atoms with E-state index in [-0.39, 0.29) is 15.8 Å². The molecule has 1 N–H and O–H groups in total. The number of aromatic hydroxyl groups is 1. The molecule has 2 rings (SSSR count). The number of carbonyl (C=O) groups is 2. The first-order valence-corrected chi connectivity index (χ1v) is 7.42. The van der Waals surface area contributed by atoms with E-state index >= 15 is 0 Å². The quantitative estimate of drug-likeness (QED) is 0.640. The summed E-state index contributed by atoms with van der Waals surface area (Å²) in [6.07, 6.45) is 1.56. The van der Waals surface area contributed by atoms with Gasteiger partial charge >= 0.3 is 0 Å². The number of rotatable bonds is 4. The van der Waals surface area contributed by atoms with Crippen LogP contribution in [0.25, 0.3) is 6.08 Å². The van der Waals surface area contributed by atoms with E-state index in [0.717, 1.165) is 16.7 Å². The molecule has 22 heavy (non-hydrogen) atoms. The van der Waals surface area contributed by atoms with Crippen LogP contribution in [0.3, 0.4) is 0 Å². The molecule has 1 aliphatic rings. The predicted molar refractivity (Wildman–Crippen MR) is 84.1 cm³/mol. The second-order valence-corrected chi connectivity index (χ2v) is 6.15. The first kappa shape index (κ1) is 16.3. The van der Waals surface area contributed by atoms with Gasteiger partial charge in [-0.05, 0) is 30.7 Å². The lowest BCUT2D eigenvalue weighted by atomic mass is 10.2. The lowest BCUT2D eigenvalue weighted by Gasteiger charge is -2.23. The first-order valence-electron chi connectivity index (χ1n) is 6.20. The summed E-state index contributed by atoms with van der Waals surface area (Å²) in [6.45, 7) is 1.34. The second kappa shape index (κ2) is 6.37. The molecule has 1 atom stereocenters. The van der Waals surface area contributed by atoms with Gasteiger partial charge in [-0.25, -0.2) is 0 Å². The van der Waals surface area contributed by atoms with Gasteiger partial charge in [-0.15, -0.1) is 0 Å². The normalized spacial score (nSPS) is 17.9. The number of thiocarbonyl (C=S) groups is 1. The molecule has 1 heterocycles. The van der Waals surface area contributed by atoms with E-state index in [1.165, 1.54) is 20.1 Å². The Morgan fingerprint density at radius 3 is 2.82 bits per heavy atom. The zero-order valence-corrected chi connectivity index (χ0v) is 13.4. The highest BCUT2D eigenvalue weighted by atomic mass is 32.2. The summed E-state index contributed by atoms with van der Waals surface area (Å²) in [6, 6.07) is 3.47. The SMILES string of the molecule is COc1cc(/C=C2/SC(=S)N([C@H](C)C(=O)[O-])C2=O)ccc1O. The third-order valence-electron chi connectivity index (χ3n) is 3.05. The summed E-state index contributed by atoms with van der Waals surface area (Å²) >= 11 is 6.06. The van der Waals surface area contributed by atoms with Crippen molar-refractivity contribution in [2.75, 3.05) is 7.11 Å². The summed E-state index contributed by atoms with van der Waals surface area (Å²) in [5.41, 5.74) is 0.622. The molecule has 0 aliphatic carbocycles. The van der Waals surface area contributed by atoms with Gasteiger partial charge in [0.25, 0.3) is 5.91 Å². The van der Waals surface area contributed by atoms with Crippen molar-refractivity contribution in [1.29, 1.82) is 0 Å². The molecule has 0 aromatic heterocycles. The van der Waals surface area contributed by atoms with Crippen molar-refractivity contribution in [3.05, 3.63) is 28.7 Å². The van der Waals surface area contributed by atoms with Crippen molar-refractivity contribution in [2.45, 2.75) is 13.0 Å². The van der Waals surface area contributed by atoms with Crippen LogP contribution in [-0.4, -0.2) is 39.4 Å². The summed E-state index contributed by atoms with van der Waals surface area (Å²) in [5.74, 6) is -1.60. The summed E-state index contributed by atoms with van der Waals surface area (Å²) in [5, 5.41) is 20.5. The lowest BCUT2D eigenvalue weighted by Crippen LogP contribution is -2.48. The first-order chi connectivity index (χ1) is 10.3. The number of carboxylic acids is 1. The van der Waals surface area contributed by atoms with Gasteiger partial charge < -0.3 is 19.7 Å². The number of hydrogen-bond donors (Lipinski definition) is 1. The van der Waals surface area contributed by atoms with Crippen LogP contribution in [0, 0.1) is 0 Å². The average molecular weight is 338 g/mol. The fourth-order valence-corrected chi connectivity index (χ4v) is 3.27. The molecule has 6 nitrogen and oxygen atoms in total. The molecule has 0 unspecified atom stereocenters. The highest BCUT2D eigenvalue weighted by molar-refractivity contribution is 8.26. The second-order valence-electron chi connectivity index (χ2n) is 4.48. The van der Waals surface area contributed by atoms with Crippen LogP contribution in [0.4, 0.5) is 0 Å². The Kier molecular flexibility index (Phi) is 4.72. The number of amides is 1. The average Bonchev–Trinajstić information content (AvgIpc) is 2.74. The Morgan fingerprint density at radius 2 is 2.23 bits per heavy atom. The maximum Gasteiger partial charge on any atom is 0.266 e. The molecular weight excluding hydrogens is 326 g/mol. The van der Waals surface area contributed by atoms with Crippen molar-refractivity contribution in [2.24, 2.45) is 0 Å². The molecule has 0 saturated carbocycles. The van der Waals surface area contributed by atoms with Gasteiger partial charge in [0.1, 0.15) is 4.32 Å². The van der Waals surface area contributed by atoms with Crippen LogP contribution in [0.1, 0.15) is 12.5 Å². The molecule has 8 heteroatoms. The number of phenols is 1. The summed E-state index contributed by atoms with van der Waals surface area (Å²) in [7, 11) is 1.42.